The molecule has 1 amide bonds. The summed E-state index contributed by atoms with van der Waals surface area (Å²) in [5, 5.41) is 2.61. The predicted octanol–water partition coefficient (Wildman–Crippen LogP) is 4.59. The number of anilines is 1. The van der Waals surface area contributed by atoms with Gasteiger partial charge in [-0.3, -0.25) is 4.79 Å². The van der Waals surface area contributed by atoms with E-state index in [0.29, 0.717) is 16.5 Å². The minimum atomic E-state index is -0.935. The number of nitrogens with one attached hydrogen (secondary N) is 1. The lowest BCUT2D eigenvalue weighted by atomic mass is 9.87. The zero-order valence-corrected chi connectivity index (χ0v) is 15.7. The van der Waals surface area contributed by atoms with E-state index < -0.39 is 18.0 Å². The van der Waals surface area contributed by atoms with Crippen LogP contribution in [-0.2, 0) is 22.4 Å². The number of thiophene rings is 1. The van der Waals surface area contributed by atoms with Gasteiger partial charge >= 0.3 is 5.97 Å². The van der Waals surface area contributed by atoms with Gasteiger partial charge in [-0.15, -0.1) is 11.3 Å². The lowest BCUT2D eigenvalue weighted by molar-refractivity contribution is -0.123. The quantitative estimate of drug-likeness (QED) is 0.778. The molecule has 4 nitrogen and oxygen atoms in total. The SMILES string of the molecule is CC[C@H]1CCc2sc(C(=O)O[C@H](C)C(=O)Nc3ccc(F)cc3)cc2C1. The van der Waals surface area contributed by atoms with Gasteiger partial charge in [0.25, 0.3) is 5.91 Å². The van der Waals surface area contributed by atoms with Crippen molar-refractivity contribution in [3.8, 4) is 0 Å². The molecule has 0 aliphatic heterocycles. The first kappa shape index (κ1) is 18.6. The molecule has 6 heteroatoms. The maximum absolute atomic E-state index is 12.9. The summed E-state index contributed by atoms with van der Waals surface area (Å²) in [5.41, 5.74) is 1.69. The molecule has 1 aliphatic rings. The molecule has 0 unspecified atom stereocenters. The minimum Gasteiger partial charge on any atom is -0.448 e. The van der Waals surface area contributed by atoms with Gasteiger partial charge in [0, 0.05) is 10.6 Å². The van der Waals surface area contributed by atoms with E-state index in [9.17, 15) is 14.0 Å². The summed E-state index contributed by atoms with van der Waals surface area (Å²) in [7, 11) is 0. The van der Waals surface area contributed by atoms with Crippen LogP contribution in [0.5, 0.6) is 0 Å². The van der Waals surface area contributed by atoms with Crippen LogP contribution in [0.15, 0.2) is 30.3 Å². The summed E-state index contributed by atoms with van der Waals surface area (Å²) >= 11 is 1.47. The van der Waals surface area contributed by atoms with Gasteiger partial charge in [-0.25, -0.2) is 9.18 Å². The maximum Gasteiger partial charge on any atom is 0.349 e. The maximum atomic E-state index is 12.9. The normalized spacial score (nSPS) is 17.3. The van der Waals surface area contributed by atoms with Gasteiger partial charge in [0.15, 0.2) is 6.10 Å². The van der Waals surface area contributed by atoms with E-state index in [1.54, 1.807) is 0 Å². The average molecular weight is 375 g/mol. The highest BCUT2D eigenvalue weighted by atomic mass is 32.1. The molecule has 0 spiro atoms. The van der Waals surface area contributed by atoms with Crippen molar-refractivity contribution >= 4 is 28.9 Å². The van der Waals surface area contributed by atoms with Crippen molar-refractivity contribution in [2.45, 2.75) is 45.6 Å². The molecule has 1 heterocycles. The molecular formula is C20H22FNO3S. The molecule has 26 heavy (non-hydrogen) atoms. The summed E-state index contributed by atoms with van der Waals surface area (Å²) in [6.45, 7) is 3.72. The monoisotopic (exact) mass is 375 g/mol. The zero-order valence-electron chi connectivity index (χ0n) is 14.9. The first-order valence-electron chi connectivity index (χ1n) is 8.85. The molecule has 0 fully saturated rings. The fourth-order valence-electron chi connectivity index (χ4n) is 3.10. The average Bonchev–Trinajstić information content (AvgIpc) is 3.06. The Morgan fingerprint density at radius 1 is 1.35 bits per heavy atom. The molecule has 1 N–H and O–H groups in total. The van der Waals surface area contributed by atoms with Gasteiger partial charge in [0.1, 0.15) is 10.7 Å². The van der Waals surface area contributed by atoms with E-state index in [2.05, 4.69) is 12.2 Å². The molecule has 1 aromatic heterocycles. The number of amides is 1. The number of hydrogen-bond acceptors (Lipinski definition) is 4. The Balaban J connectivity index is 1.59. The van der Waals surface area contributed by atoms with E-state index >= 15 is 0 Å². The first-order chi connectivity index (χ1) is 12.5. The van der Waals surface area contributed by atoms with Crippen molar-refractivity contribution in [3.63, 3.8) is 0 Å². The molecule has 0 saturated carbocycles. The van der Waals surface area contributed by atoms with Crippen LogP contribution in [0.4, 0.5) is 10.1 Å². The molecule has 3 rings (SSSR count). The van der Waals surface area contributed by atoms with Crippen molar-refractivity contribution in [2.24, 2.45) is 5.92 Å². The van der Waals surface area contributed by atoms with E-state index in [1.807, 2.05) is 6.07 Å². The summed E-state index contributed by atoms with van der Waals surface area (Å²) in [4.78, 5) is 26.3. The largest absolute Gasteiger partial charge is 0.448 e. The Morgan fingerprint density at radius 3 is 2.77 bits per heavy atom. The Hall–Kier alpha value is -2.21. The third-order valence-corrected chi connectivity index (χ3v) is 5.95. The van der Waals surface area contributed by atoms with Crippen LogP contribution in [-0.4, -0.2) is 18.0 Å². The number of aryl methyl sites for hydroxylation is 1. The molecule has 0 bridgehead atoms. The van der Waals surface area contributed by atoms with E-state index in [1.165, 1.54) is 53.0 Å². The predicted molar refractivity (Wildman–Crippen MR) is 100 cm³/mol. The van der Waals surface area contributed by atoms with Crippen molar-refractivity contribution in [1.82, 2.24) is 0 Å². The van der Waals surface area contributed by atoms with Crippen LogP contribution in [0.3, 0.4) is 0 Å². The number of benzene rings is 1. The molecule has 0 radical (unpaired) electrons. The number of fused-ring (bicyclic) bond motifs is 1. The lowest BCUT2D eigenvalue weighted by Gasteiger charge is -2.19. The van der Waals surface area contributed by atoms with E-state index in [4.69, 9.17) is 4.74 Å². The molecular weight excluding hydrogens is 353 g/mol. The van der Waals surface area contributed by atoms with Crippen LogP contribution < -0.4 is 5.32 Å². The molecule has 138 valence electrons. The highest BCUT2D eigenvalue weighted by Gasteiger charge is 2.25. The summed E-state index contributed by atoms with van der Waals surface area (Å²) < 4.78 is 18.2. The molecule has 1 aliphatic carbocycles. The van der Waals surface area contributed by atoms with Gasteiger partial charge in [-0.05, 0) is 68.0 Å². The van der Waals surface area contributed by atoms with Crippen molar-refractivity contribution in [2.75, 3.05) is 5.32 Å². The second kappa shape index (κ2) is 7.99. The summed E-state index contributed by atoms with van der Waals surface area (Å²) in [5.74, 6) is -0.618. The van der Waals surface area contributed by atoms with Crippen LogP contribution in [0.25, 0.3) is 0 Å². The van der Waals surface area contributed by atoms with Crippen molar-refractivity contribution in [1.29, 1.82) is 0 Å². The second-order valence-corrected chi connectivity index (χ2v) is 7.76. The number of carbonyl (C=O) groups is 2. The van der Waals surface area contributed by atoms with E-state index in [-0.39, 0.29) is 5.82 Å². The number of ether oxygens (including phenoxy) is 1. The lowest BCUT2D eigenvalue weighted by Crippen LogP contribution is -2.29. The standard InChI is InChI=1S/C20H22FNO3S/c1-3-13-4-9-17-14(10-13)11-18(26-17)20(24)25-12(2)19(23)22-16-7-5-15(21)6-8-16/h5-8,11-13H,3-4,9-10H2,1-2H3,(H,22,23)/t12-,13+/m1/s1. The first-order valence-corrected chi connectivity index (χ1v) is 9.67. The number of esters is 1. The highest BCUT2D eigenvalue weighted by molar-refractivity contribution is 7.14. The summed E-state index contributed by atoms with van der Waals surface area (Å²) in [6.07, 6.45) is 3.39. The van der Waals surface area contributed by atoms with Crippen LogP contribution >= 0.6 is 11.3 Å². The number of rotatable bonds is 5. The Bertz CT molecular complexity index is 800. The van der Waals surface area contributed by atoms with Crippen molar-refractivity contribution < 1.29 is 18.7 Å². The Morgan fingerprint density at radius 2 is 2.08 bits per heavy atom. The third-order valence-electron chi connectivity index (χ3n) is 4.73. The second-order valence-electron chi connectivity index (χ2n) is 6.62. The van der Waals surface area contributed by atoms with E-state index in [0.717, 1.165) is 25.7 Å². The van der Waals surface area contributed by atoms with Crippen molar-refractivity contribution in [3.05, 3.63) is 51.5 Å². The van der Waals surface area contributed by atoms with Gasteiger partial charge in [0.05, 0.1) is 0 Å². The zero-order chi connectivity index (χ0) is 18.7. The molecule has 1 aromatic carbocycles. The smallest absolute Gasteiger partial charge is 0.349 e. The highest BCUT2D eigenvalue weighted by Crippen LogP contribution is 2.33. The Labute approximate surface area is 156 Å². The molecule has 2 aromatic rings. The van der Waals surface area contributed by atoms with Gasteiger partial charge < -0.3 is 10.1 Å². The van der Waals surface area contributed by atoms with Crippen LogP contribution in [0.2, 0.25) is 0 Å². The van der Waals surface area contributed by atoms with Gasteiger partial charge in [-0.1, -0.05) is 13.3 Å². The van der Waals surface area contributed by atoms with Crippen LogP contribution in [0, 0.1) is 11.7 Å². The fourth-order valence-corrected chi connectivity index (χ4v) is 4.19. The third kappa shape index (κ3) is 4.30. The van der Waals surface area contributed by atoms with Crippen LogP contribution in [0.1, 0.15) is 46.8 Å². The van der Waals surface area contributed by atoms with Gasteiger partial charge in [0.2, 0.25) is 0 Å². The van der Waals surface area contributed by atoms with Gasteiger partial charge in [-0.2, -0.15) is 0 Å². The minimum absolute atomic E-state index is 0.380. The summed E-state index contributed by atoms with van der Waals surface area (Å²) in [6, 6.07) is 7.34. The number of halogens is 1. The molecule has 2 atom stereocenters. The number of hydrogen-bond donors (Lipinski definition) is 1. The topological polar surface area (TPSA) is 55.4 Å². The molecule has 0 saturated heterocycles. The fraction of sp³-hybridized carbons (Fsp3) is 0.400. The Kier molecular flexibility index (Phi) is 5.71. The number of carbonyl (C=O) groups excluding carboxylic acids is 2.